The number of benzene rings is 1. The first kappa shape index (κ1) is 19.2. The molecule has 1 aliphatic heterocycles. The van der Waals surface area contributed by atoms with Crippen LogP contribution in [0, 0.1) is 12.8 Å². The molecule has 8 heteroatoms. The maximum Gasteiger partial charge on any atom is 0.329 e. The minimum Gasteiger partial charge on any atom is -0.341 e. The van der Waals surface area contributed by atoms with E-state index in [2.05, 4.69) is 5.32 Å². The van der Waals surface area contributed by atoms with Gasteiger partial charge in [0, 0.05) is 13.1 Å². The number of rotatable bonds is 5. The van der Waals surface area contributed by atoms with Gasteiger partial charge in [-0.25, -0.2) is 17.9 Å². The Morgan fingerprint density at radius 1 is 1.08 bits per heavy atom. The summed E-state index contributed by atoms with van der Waals surface area (Å²) in [5.41, 5.74) is 0.916. The lowest BCUT2D eigenvalue weighted by molar-refractivity contribution is -0.133. The molecular weight excluding hydrogens is 342 g/mol. The summed E-state index contributed by atoms with van der Waals surface area (Å²) >= 11 is 0. The molecule has 1 aromatic rings. The summed E-state index contributed by atoms with van der Waals surface area (Å²) in [6.45, 7) is 6.81. The van der Waals surface area contributed by atoms with Crippen LogP contribution in [0.2, 0.25) is 0 Å². The van der Waals surface area contributed by atoms with E-state index in [1.54, 1.807) is 17.0 Å². The Hall–Kier alpha value is -2.09. The summed E-state index contributed by atoms with van der Waals surface area (Å²) in [6, 6.07) is 4.51. The van der Waals surface area contributed by atoms with Crippen LogP contribution in [0.4, 0.5) is 4.79 Å². The molecule has 1 saturated heterocycles. The lowest BCUT2D eigenvalue weighted by atomic mass is 10.0. The lowest BCUT2D eigenvalue weighted by Crippen LogP contribution is -2.53. The van der Waals surface area contributed by atoms with E-state index < -0.39 is 22.1 Å². The average molecular weight is 367 g/mol. The average Bonchev–Trinajstić information content (AvgIpc) is 3.06. The number of amides is 3. The maximum absolute atomic E-state index is 12.5. The molecule has 1 aromatic carbocycles. The van der Waals surface area contributed by atoms with Crippen LogP contribution in [-0.4, -0.2) is 44.4 Å². The van der Waals surface area contributed by atoms with Crippen LogP contribution in [0.15, 0.2) is 29.2 Å². The first-order valence-electron chi connectivity index (χ1n) is 8.39. The second-order valence-corrected chi connectivity index (χ2v) is 8.33. The van der Waals surface area contributed by atoms with Gasteiger partial charge in [-0.1, -0.05) is 31.5 Å². The number of carbonyl (C=O) groups excluding carboxylic acids is 2. The van der Waals surface area contributed by atoms with E-state index in [0.29, 0.717) is 13.1 Å². The molecule has 7 nitrogen and oxygen atoms in total. The molecule has 25 heavy (non-hydrogen) atoms. The number of aryl methyl sites for hydroxylation is 1. The fourth-order valence-electron chi connectivity index (χ4n) is 2.72. The van der Waals surface area contributed by atoms with Gasteiger partial charge in [0.05, 0.1) is 4.90 Å². The topological polar surface area (TPSA) is 95.6 Å². The lowest BCUT2D eigenvalue weighted by Gasteiger charge is -2.26. The van der Waals surface area contributed by atoms with Gasteiger partial charge in [-0.2, -0.15) is 0 Å². The number of likely N-dealkylation sites (tertiary alicyclic amines) is 1. The van der Waals surface area contributed by atoms with Crippen molar-refractivity contribution in [1.29, 1.82) is 0 Å². The number of nitrogens with one attached hydrogen (secondary N) is 2. The van der Waals surface area contributed by atoms with E-state index >= 15 is 0 Å². The molecule has 0 aromatic heterocycles. The largest absolute Gasteiger partial charge is 0.341 e. The van der Waals surface area contributed by atoms with Gasteiger partial charge in [-0.05, 0) is 37.8 Å². The fourth-order valence-corrected chi connectivity index (χ4v) is 3.63. The summed E-state index contributed by atoms with van der Waals surface area (Å²) < 4.78 is 26.5. The van der Waals surface area contributed by atoms with E-state index in [-0.39, 0.29) is 16.7 Å². The molecule has 1 fully saturated rings. The van der Waals surface area contributed by atoms with E-state index in [1.165, 1.54) is 12.1 Å². The Balaban J connectivity index is 2.05. The van der Waals surface area contributed by atoms with Gasteiger partial charge < -0.3 is 10.2 Å². The highest BCUT2D eigenvalue weighted by molar-refractivity contribution is 7.90. The quantitative estimate of drug-likeness (QED) is 0.827. The number of sulfonamides is 1. The number of carbonyl (C=O) groups is 2. The molecule has 2 rings (SSSR count). The van der Waals surface area contributed by atoms with Crippen molar-refractivity contribution in [2.45, 2.75) is 44.6 Å². The van der Waals surface area contributed by atoms with Gasteiger partial charge in [0.2, 0.25) is 5.91 Å². The molecule has 0 bridgehead atoms. The molecule has 2 N–H and O–H groups in total. The Bertz CT molecular complexity index is 723. The molecule has 138 valence electrons. The molecule has 1 aliphatic rings. The van der Waals surface area contributed by atoms with Gasteiger partial charge in [0.15, 0.2) is 0 Å². The summed E-state index contributed by atoms with van der Waals surface area (Å²) in [5, 5.41) is 2.51. The molecule has 0 aliphatic carbocycles. The van der Waals surface area contributed by atoms with Crippen molar-refractivity contribution in [1.82, 2.24) is 14.9 Å². The predicted octanol–water partition coefficient (Wildman–Crippen LogP) is 1.63. The molecule has 0 radical (unpaired) electrons. The minimum absolute atomic E-state index is 0.000200. The van der Waals surface area contributed by atoms with Crippen molar-refractivity contribution in [2.24, 2.45) is 5.92 Å². The van der Waals surface area contributed by atoms with Gasteiger partial charge in [0.1, 0.15) is 6.04 Å². The van der Waals surface area contributed by atoms with Crippen molar-refractivity contribution < 1.29 is 18.0 Å². The maximum atomic E-state index is 12.5. The van der Waals surface area contributed by atoms with Crippen LogP contribution < -0.4 is 10.0 Å². The Kier molecular flexibility index (Phi) is 6.05. The highest BCUT2D eigenvalue weighted by Gasteiger charge is 2.31. The third kappa shape index (κ3) is 4.94. The molecule has 0 saturated carbocycles. The Morgan fingerprint density at radius 2 is 1.64 bits per heavy atom. The van der Waals surface area contributed by atoms with Crippen LogP contribution in [0.3, 0.4) is 0 Å². The smallest absolute Gasteiger partial charge is 0.329 e. The predicted molar refractivity (Wildman–Crippen MR) is 94.5 cm³/mol. The highest BCUT2D eigenvalue weighted by atomic mass is 32.2. The van der Waals surface area contributed by atoms with Gasteiger partial charge in [-0.15, -0.1) is 0 Å². The molecular formula is C17H25N3O4S. The minimum atomic E-state index is -3.98. The van der Waals surface area contributed by atoms with Crippen molar-refractivity contribution in [3.8, 4) is 0 Å². The number of urea groups is 1. The van der Waals surface area contributed by atoms with Crippen LogP contribution in [0.25, 0.3) is 0 Å². The first-order chi connectivity index (χ1) is 11.7. The normalized spacial score (nSPS) is 15.9. The monoisotopic (exact) mass is 367 g/mol. The first-order valence-corrected chi connectivity index (χ1v) is 9.88. The van der Waals surface area contributed by atoms with Crippen LogP contribution >= 0.6 is 0 Å². The summed E-state index contributed by atoms with van der Waals surface area (Å²) in [4.78, 5) is 26.4. The van der Waals surface area contributed by atoms with Crippen LogP contribution in [-0.2, 0) is 14.8 Å². The molecule has 0 unspecified atom stereocenters. The van der Waals surface area contributed by atoms with Gasteiger partial charge in [-0.3, -0.25) is 4.79 Å². The van der Waals surface area contributed by atoms with Crippen molar-refractivity contribution in [2.75, 3.05) is 13.1 Å². The third-order valence-electron chi connectivity index (χ3n) is 4.20. The van der Waals surface area contributed by atoms with Crippen molar-refractivity contribution in [3.63, 3.8) is 0 Å². The molecule has 1 atom stereocenters. The van der Waals surface area contributed by atoms with Gasteiger partial charge in [0.25, 0.3) is 10.0 Å². The fraction of sp³-hybridized carbons (Fsp3) is 0.529. The number of hydrogen-bond acceptors (Lipinski definition) is 4. The Morgan fingerprint density at radius 3 is 2.16 bits per heavy atom. The second-order valence-electron chi connectivity index (χ2n) is 6.65. The van der Waals surface area contributed by atoms with Crippen molar-refractivity contribution >= 4 is 22.0 Å². The molecule has 1 heterocycles. The molecule has 0 spiro atoms. The molecule has 3 amide bonds. The van der Waals surface area contributed by atoms with Crippen LogP contribution in [0.5, 0.6) is 0 Å². The number of nitrogens with zero attached hydrogens (tertiary/aromatic N) is 1. The van der Waals surface area contributed by atoms with E-state index in [1.807, 2.05) is 25.5 Å². The number of hydrogen-bond donors (Lipinski definition) is 2. The second kappa shape index (κ2) is 7.86. The standard InChI is InChI=1S/C17H25N3O4S/c1-12(2)15(16(21)20-10-4-5-11-20)18-17(22)19-25(23,24)14-8-6-13(3)7-9-14/h6-9,12,15H,4-5,10-11H2,1-3H3,(H2,18,19,22)/t15-/m0/s1. The van der Waals surface area contributed by atoms with Gasteiger partial charge >= 0.3 is 6.03 Å². The summed E-state index contributed by atoms with van der Waals surface area (Å²) in [7, 11) is -3.98. The van der Waals surface area contributed by atoms with Crippen molar-refractivity contribution in [3.05, 3.63) is 29.8 Å². The SMILES string of the molecule is Cc1ccc(S(=O)(=O)NC(=O)N[C@H](C(=O)N2CCCC2)C(C)C)cc1. The van der Waals surface area contributed by atoms with Crippen LogP contribution in [0.1, 0.15) is 32.3 Å². The zero-order valence-corrected chi connectivity index (χ0v) is 15.6. The zero-order chi connectivity index (χ0) is 18.6. The summed E-state index contributed by atoms with van der Waals surface area (Å²) in [5.74, 6) is -0.323. The van der Waals surface area contributed by atoms with E-state index in [0.717, 1.165) is 18.4 Å². The highest BCUT2D eigenvalue weighted by Crippen LogP contribution is 2.14. The van der Waals surface area contributed by atoms with E-state index in [9.17, 15) is 18.0 Å². The Labute approximate surface area is 148 Å². The summed E-state index contributed by atoms with van der Waals surface area (Å²) in [6.07, 6.45) is 1.90. The zero-order valence-electron chi connectivity index (χ0n) is 14.8. The third-order valence-corrected chi connectivity index (χ3v) is 5.54. The van der Waals surface area contributed by atoms with E-state index in [4.69, 9.17) is 0 Å².